The average Bonchev–Trinajstić information content (AvgIpc) is 2.79. The number of rotatable bonds is 5. The zero-order valence-corrected chi connectivity index (χ0v) is 12.2. The summed E-state index contributed by atoms with van der Waals surface area (Å²) in [7, 11) is 0. The van der Waals surface area contributed by atoms with E-state index in [1.165, 1.54) is 4.90 Å². The molecule has 0 aliphatic carbocycles. The maximum Gasteiger partial charge on any atom is 0.227 e. The molecular formula is C15H18F2N2O3. The number of aliphatic hydroxyl groups excluding tert-OH is 1. The van der Waals surface area contributed by atoms with Gasteiger partial charge in [0.1, 0.15) is 11.6 Å². The van der Waals surface area contributed by atoms with Gasteiger partial charge in [0.2, 0.25) is 11.8 Å². The van der Waals surface area contributed by atoms with E-state index >= 15 is 0 Å². The molecule has 1 fully saturated rings. The Hall–Kier alpha value is -2.02. The molecule has 120 valence electrons. The molecule has 1 aromatic carbocycles. The number of amides is 2. The Labute approximate surface area is 126 Å². The maximum absolute atomic E-state index is 13.2. The molecule has 1 aliphatic rings. The zero-order chi connectivity index (χ0) is 16.3. The SMILES string of the molecule is CC(O)CCNC(=O)C1CC(=O)N(c2cc(F)cc(F)c2)C1. The molecule has 0 radical (unpaired) electrons. The van der Waals surface area contributed by atoms with Gasteiger partial charge in [-0.25, -0.2) is 8.78 Å². The van der Waals surface area contributed by atoms with Gasteiger partial charge >= 0.3 is 0 Å². The lowest BCUT2D eigenvalue weighted by Gasteiger charge is -2.17. The van der Waals surface area contributed by atoms with Crippen LogP contribution in [-0.4, -0.2) is 36.1 Å². The topological polar surface area (TPSA) is 69.6 Å². The summed E-state index contributed by atoms with van der Waals surface area (Å²) in [4.78, 5) is 25.1. The summed E-state index contributed by atoms with van der Waals surface area (Å²) in [5, 5.41) is 11.8. The third-order valence-electron chi connectivity index (χ3n) is 3.52. The number of benzene rings is 1. The number of nitrogens with one attached hydrogen (secondary N) is 1. The molecule has 1 aliphatic heterocycles. The van der Waals surface area contributed by atoms with Crippen LogP contribution in [0.15, 0.2) is 18.2 Å². The van der Waals surface area contributed by atoms with Crippen LogP contribution in [0, 0.1) is 17.6 Å². The minimum Gasteiger partial charge on any atom is -0.393 e. The molecule has 7 heteroatoms. The Balaban J connectivity index is 1.99. The number of anilines is 1. The fourth-order valence-electron chi connectivity index (χ4n) is 2.38. The lowest BCUT2D eigenvalue weighted by molar-refractivity contribution is -0.126. The van der Waals surface area contributed by atoms with Gasteiger partial charge in [-0.15, -0.1) is 0 Å². The number of hydrogen-bond acceptors (Lipinski definition) is 3. The predicted octanol–water partition coefficient (Wildman–Crippen LogP) is 1.20. The number of hydrogen-bond donors (Lipinski definition) is 2. The largest absolute Gasteiger partial charge is 0.393 e. The van der Waals surface area contributed by atoms with Crippen molar-refractivity contribution in [1.29, 1.82) is 0 Å². The molecule has 1 heterocycles. The molecule has 2 rings (SSSR count). The molecule has 2 unspecified atom stereocenters. The summed E-state index contributed by atoms with van der Waals surface area (Å²) in [6, 6.07) is 2.85. The highest BCUT2D eigenvalue weighted by Crippen LogP contribution is 2.26. The van der Waals surface area contributed by atoms with Gasteiger partial charge in [0, 0.05) is 31.3 Å². The van der Waals surface area contributed by atoms with Gasteiger partial charge < -0.3 is 15.3 Å². The van der Waals surface area contributed by atoms with Crippen molar-refractivity contribution in [1.82, 2.24) is 5.32 Å². The van der Waals surface area contributed by atoms with Crippen molar-refractivity contribution in [2.75, 3.05) is 18.0 Å². The van der Waals surface area contributed by atoms with Crippen LogP contribution in [0.2, 0.25) is 0 Å². The summed E-state index contributed by atoms with van der Waals surface area (Å²) >= 11 is 0. The smallest absolute Gasteiger partial charge is 0.227 e. The Morgan fingerprint density at radius 3 is 2.64 bits per heavy atom. The molecule has 2 atom stereocenters. The Morgan fingerprint density at radius 2 is 2.05 bits per heavy atom. The molecule has 0 spiro atoms. The van der Waals surface area contributed by atoms with E-state index < -0.39 is 23.7 Å². The lowest BCUT2D eigenvalue weighted by Crippen LogP contribution is -2.34. The van der Waals surface area contributed by atoms with E-state index in [0.717, 1.165) is 18.2 Å². The molecule has 1 saturated heterocycles. The van der Waals surface area contributed by atoms with Crippen LogP contribution in [0.1, 0.15) is 19.8 Å². The Kier molecular flexibility index (Phi) is 5.07. The van der Waals surface area contributed by atoms with Crippen molar-refractivity contribution in [2.24, 2.45) is 5.92 Å². The first-order chi connectivity index (χ1) is 10.4. The van der Waals surface area contributed by atoms with Crippen LogP contribution in [-0.2, 0) is 9.59 Å². The van der Waals surface area contributed by atoms with Crippen molar-refractivity contribution in [2.45, 2.75) is 25.9 Å². The monoisotopic (exact) mass is 312 g/mol. The fourth-order valence-corrected chi connectivity index (χ4v) is 2.38. The molecule has 0 aromatic heterocycles. The highest BCUT2D eigenvalue weighted by atomic mass is 19.1. The van der Waals surface area contributed by atoms with Gasteiger partial charge in [0.05, 0.1) is 12.0 Å². The second-order valence-electron chi connectivity index (χ2n) is 5.46. The first-order valence-corrected chi connectivity index (χ1v) is 7.09. The summed E-state index contributed by atoms with van der Waals surface area (Å²) in [5.74, 6) is -2.75. The molecule has 5 nitrogen and oxygen atoms in total. The summed E-state index contributed by atoms with van der Waals surface area (Å²) in [6.45, 7) is 2.02. The number of halogens is 2. The lowest BCUT2D eigenvalue weighted by atomic mass is 10.1. The molecule has 1 aromatic rings. The maximum atomic E-state index is 13.2. The average molecular weight is 312 g/mol. The van der Waals surface area contributed by atoms with Gasteiger partial charge in [-0.05, 0) is 25.5 Å². The molecule has 2 N–H and O–H groups in total. The second kappa shape index (κ2) is 6.83. The Bertz CT molecular complexity index is 558. The van der Waals surface area contributed by atoms with Crippen LogP contribution in [0.3, 0.4) is 0 Å². The minimum absolute atomic E-state index is 0.00134. The van der Waals surface area contributed by atoms with E-state index in [0.29, 0.717) is 13.0 Å². The van der Waals surface area contributed by atoms with Crippen LogP contribution in [0.5, 0.6) is 0 Å². The third-order valence-corrected chi connectivity index (χ3v) is 3.52. The first kappa shape index (κ1) is 16.4. The van der Waals surface area contributed by atoms with Crippen LogP contribution in [0.25, 0.3) is 0 Å². The van der Waals surface area contributed by atoms with Crippen LogP contribution < -0.4 is 10.2 Å². The summed E-state index contributed by atoms with van der Waals surface area (Å²) in [5.41, 5.74) is 0.113. The molecular weight excluding hydrogens is 294 g/mol. The third kappa shape index (κ3) is 4.00. The van der Waals surface area contributed by atoms with Gasteiger partial charge in [0.25, 0.3) is 0 Å². The molecule has 2 amide bonds. The minimum atomic E-state index is -0.771. The van der Waals surface area contributed by atoms with Crippen molar-refractivity contribution in [3.63, 3.8) is 0 Å². The molecule has 0 bridgehead atoms. The summed E-state index contributed by atoms with van der Waals surface area (Å²) in [6.07, 6.45) is -0.0959. The fraction of sp³-hybridized carbons (Fsp3) is 0.467. The standard InChI is InChI=1S/C15H18F2N2O3/c1-9(20)2-3-18-15(22)10-4-14(21)19(8-10)13-6-11(16)5-12(17)7-13/h5-7,9-10,20H,2-4,8H2,1H3,(H,18,22). The van der Waals surface area contributed by atoms with E-state index in [4.69, 9.17) is 5.11 Å². The van der Waals surface area contributed by atoms with Gasteiger partial charge in [0.15, 0.2) is 0 Å². The number of carbonyl (C=O) groups excluding carboxylic acids is 2. The van der Waals surface area contributed by atoms with Crippen molar-refractivity contribution < 1.29 is 23.5 Å². The van der Waals surface area contributed by atoms with E-state index in [-0.39, 0.29) is 30.5 Å². The second-order valence-corrected chi connectivity index (χ2v) is 5.46. The number of carbonyl (C=O) groups is 2. The van der Waals surface area contributed by atoms with Gasteiger partial charge in [-0.3, -0.25) is 9.59 Å². The molecule has 0 saturated carbocycles. The van der Waals surface area contributed by atoms with Gasteiger partial charge in [-0.2, -0.15) is 0 Å². The highest BCUT2D eigenvalue weighted by Gasteiger charge is 2.35. The van der Waals surface area contributed by atoms with E-state index in [9.17, 15) is 18.4 Å². The van der Waals surface area contributed by atoms with E-state index in [1.54, 1.807) is 6.92 Å². The number of aliphatic hydroxyl groups is 1. The molecule has 22 heavy (non-hydrogen) atoms. The van der Waals surface area contributed by atoms with Crippen LogP contribution in [0.4, 0.5) is 14.5 Å². The van der Waals surface area contributed by atoms with E-state index in [1.807, 2.05) is 0 Å². The predicted molar refractivity (Wildman–Crippen MR) is 76.1 cm³/mol. The Morgan fingerprint density at radius 1 is 1.41 bits per heavy atom. The van der Waals surface area contributed by atoms with Crippen LogP contribution >= 0.6 is 0 Å². The summed E-state index contributed by atoms with van der Waals surface area (Å²) < 4.78 is 26.5. The first-order valence-electron chi connectivity index (χ1n) is 7.09. The van der Waals surface area contributed by atoms with Crippen molar-refractivity contribution in [3.8, 4) is 0 Å². The normalized spacial score (nSPS) is 19.4. The highest BCUT2D eigenvalue weighted by molar-refractivity contribution is 6.00. The van der Waals surface area contributed by atoms with E-state index in [2.05, 4.69) is 5.32 Å². The number of nitrogens with zero attached hydrogens (tertiary/aromatic N) is 1. The van der Waals surface area contributed by atoms with Crippen molar-refractivity contribution in [3.05, 3.63) is 29.8 Å². The van der Waals surface area contributed by atoms with Gasteiger partial charge in [-0.1, -0.05) is 0 Å². The zero-order valence-electron chi connectivity index (χ0n) is 12.2. The quantitative estimate of drug-likeness (QED) is 0.858. The van der Waals surface area contributed by atoms with Crippen molar-refractivity contribution >= 4 is 17.5 Å².